The van der Waals surface area contributed by atoms with Crippen LogP contribution >= 0.6 is 0 Å². The van der Waals surface area contributed by atoms with E-state index in [0.717, 1.165) is 30.3 Å². The lowest BCUT2D eigenvalue weighted by atomic mass is 10.0. The van der Waals surface area contributed by atoms with Crippen LogP contribution in [0.5, 0.6) is 28.7 Å². The Morgan fingerprint density at radius 1 is 0.893 bits per heavy atom. The first-order chi connectivity index (χ1) is 13.2. The Morgan fingerprint density at radius 2 is 1.46 bits per heavy atom. The molecule has 4 atom stereocenters. The van der Waals surface area contributed by atoms with Gasteiger partial charge in [0.2, 0.25) is 12.1 Å². The van der Waals surface area contributed by atoms with E-state index in [1.165, 1.54) is 0 Å². The Labute approximate surface area is 158 Å². The normalized spacial score (nSPS) is 24.7. The number of hydrogen-bond acceptors (Lipinski definition) is 10. The van der Waals surface area contributed by atoms with Crippen LogP contribution in [0.15, 0.2) is 30.3 Å². The number of benzene rings is 2. The van der Waals surface area contributed by atoms with Crippen LogP contribution < -0.4 is 4.74 Å². The van der Waals surface area contributed by atoms with Gasteiger partial charge in [-0.15, -0.1) is 0 Å². The highest BCUT2D eigenvalue weighted by Crippen LogP contribution is 2.36. The maximum absolute atomic E-state index is 12.5. The summed E-state index contributed by atoms with van der Waals surface area (Å²) in [6.45, 7) is -0.307. The monoisotopic (exact) mass is 394 g/mol. The standard InChI is InChI=1S/C18H18O10/c19-8-1-7(2-9(20)3-8)15(24)14-11(21)4-10(5-12(14)22)28-18-17(26)16(25)13(23)6-27-18/h1-5,13,16-23,25-26H,6H2/t13-,16-,17+,18-/m0/s1. The van der Waals surface area contributed by atoms with Crippen LogP contribution in [0, 0.1) is 0 Å². The lowest BCUT2D eigenvalue weighted by Crippen LogP contribution is -2.54. The van der Waals surface area contributed by atoms with E-state index in [-0.39, 0.29) is 29.4 Å². The van der Waals surface area contributed by atoms with Crippen molar-refractivity contribution in [2.24, 2.45) is 0 Å². The summed E-state index contributed by atoms with van der Waals surface area (Å²) in [6.07, 6.45) is -5.79. The predicted molar refractivity (Wildman–Crippen MR) is 91.4 cm³/mol. The molecule has 1 heterocycles. The highest BCUT2D eigenvalue weighted by molar-refractivity contribution is 6.12. The molecule has 1 fully saturated rings. The van der Waals surface area contributed by atoms with Gasteiger partial charge in [0.05, 0.1) is 6.61 Å². The van der Waals surface area contributed by atoms with Gasteiger partial charge < -0.3 is 45.2 Å². The summed E-state index contributed by atoms with van der Waals surface area (Å²) in [5.74, 6) is -3.17. The van der Waals surface area contributed by atoms with Gasteiger partial charge in [0.1, 0.15) is 52.6 Å². The molecule has 1 saturated heterocycles. The molecule has 0 aliphatic carbocycles. The van der Waals surface area contributed by atoms with Crippen LogP contribution in [-0.4, -0.2) is 72.7 Å². The van der Waals surface area contributed by atoms with Crippen LogP contribution in [0.1, 0.15) is 15.9 Å². The summed E-state index contributed by atoms with van der Waals surface area (Å²) in [5.41, 5.74) is -0.683. The Kier molecular flexibility index (Phi) is 5.29. The Hall–Kier alpha value is -3.05. The smallest absolute Gasteiger partial charge is 0.228 e. The molecule has 28 heavy (non-hydrogen) atoms. The highest BCUT2D eigenvalue weighted by Gasteiger charge is 2.39. The number of rotatable bonds is 4. The predicted octanol–water partition coefficient (Wildman–Crippen LogP) is -0.442. The number of hydrogen-bond donors (Lipinski definition) is 7. The summed E-state index contributed by atoms with van der Waals surface area (Å²) in [4.78, 5) is 12.5. The van der Waals surface area contributed by atoms with Gasteiger partial charge in [-0.1, -0.05) is 0 Å². The largest absolute Gasteiger partial charge is 0.508 e. The molecule has 0 saturated carbocycles. The van der Waals surface area contributed by atoms with Crippen molar-refractivity contribution in [2.45, 2.75) is 24.6 Å². The maximum atomic E-state index is 12.5. The van der Waals surface area contributed by atoms with E-state index in [0.29, 0.717) is 0 Å². The van der Waals surface area contributed by atoms with Crippen molar-refractivity contribution in [1.29, 1.82) is 0 Å². The molecule has 0 bridgehead atoms. The zero-order chi connectivity index (χ0) is 20.6. The third-order valence-electron chi connectivity index (χ3n) is 4.17. The fourth-order valence-electron chi connectivity index (χ4n) is 2.78. The summed E-state index contributed by atoms with van der Waals surface area (Å²) < 4.78 is 10.3. The van der Waals surface area contributed by atoms with Gasteiger partial charge >= 0.3 is 0 Å². The van der Waals surface area contributed by atoms with E-state index >= 15 is 0 Å². The molecule has 0 aromatic heterocycles. The Balaban J connectivity index is 1.86. The summed E-state index contributed by atoms with van der Waals surface area (Å²) in [7, 11) is 0. The van der Waals surface area contributed by atoms with Crippen LogP contribution in [0.4, 0.5) is 0 Å². The average molecular weight is 394 g/mol. The van der Waals surface area contributed by atoms with Gasteiger partial charge in [0.25, 0.3) is 0 Å². The fourth-order valence-corrected chi connectivity index (χ4v) is 2.78. The van der Waals surface area contributed by atoms with Crippen LogP contribution in [-0.2, 0) is 4.74 Å². The molecule has 0 amide bonds. The molecule has 0 spiro atoms. The lowest BCUT2D eigenvalue weighted by Gasteiger charge is -2.34. The van der Waals surface area contributed by atoms with E-state index in [1.54, 1.807) is 0 Å². The van der Waals surface area contributed by atoms with Crippen LogP contribution in [0.3, 0.4) is 0 Å². The number of aliphatic hydroxyl groups is 3. The number of carbonyl (C=O) groups excluding carboxylic acids is 1. The second kappa shape index (κ2) is 7.52. The van der Waals surface area contributed by atoms with Crippen molar-refractivity contribution in [3.05, 3.63) is 41.5 Å². The molecule has 2 aromatic carbocycles. The van der Waals surface area contributed by atoms with Gasteiger partial charge in [-0.25, -0.2) is 0 Å². The van der Waals surface area contributed by atoms with Crippen LogP contribution in [0.25, 0.3) is 0 Å². The SMILES string of the molecule is O=C(c1cc(O)cc(O)c1)c1c(O)cc(O[C@@H]2OC[C@H](O)[C@H](O)[C@H]2O)cc1O. The van der Waals surface area contributed by atoms with Gasteiger partial charge in [-0.3, -0.25) is 4.79 Å². The number of phenols is 4. The van der Waals surface area contributed by atoms with Crippen molar-refractivity contribution >= 4 is 5.78 Å². The molecule has 150 valence electrons. The molecular formula is C18H18O10. The number of ketones is 1. The van der Waals surface area contributed by atoms with Gasteiger partial charge in [0, 0.05) is 23.8 Å². The minimum atomic E-state index is -1.59. The molecule has 1 aliphatic heterocycles. The number of carbonyl (C=O) groups is 1. The molecule has 1 aliphatic rings. The maximum Gasteiger partial charge on any atom is 0.228 e. The second-order valence-electron chi connectivity index (χ2n) is 6.27. The molecule has 0 unspecified atom stereocenters. The Morgan fingerprint density at radius 3 is 2.04 bits per heavy atom. The van der Waals surface area contributed by atoms with E-state index < -0.39 is 47.4 Å². The molecule has 3 rings (SSSR count). The summed E-state index contributed by atoms with van der Waals surface area (Å²) in [5, 5.41) is 68.2. The van der Waals surface area contributed by atoms with E-state index in [4.69, 9.17) is 9.47 Å². The number of ether oxygens (including phenoxy) is 2. The Bertz CT molecular complexity index is 853. The highest BCUT2D eigenvalue weighted by atomic mass is 16.7. The molecular weight excluding hydrogens is 376 g/mol. The van der Waals surface area contributed by atoms with Crippen molar-refractivity contribution < 1.29 is 50.0 Å². The van der Waals surface area contributed by atoms with E-state index in [9.17, 15) is 40.5 Å². The second-order valence-corrected chi connectivity index (χ2v) is 6.27. The number of aliphatic hydroxyl groups excluding tert-OH is 3. The molecule has 7 N–H and O–H groups in total. The average Bonchev–Trinajstić information content (AvgIpc) is 2.61. The topological polar surface area (TPSA) is 177 Å². The summed E-state index contributed by atoms with van der Waals surface area (Å²) in [6, 6.07) is 5.05. The fraction of sp³-hybridized carbons (Fsp3) is 0.278. The van der Waals surface area contributed by atoms with Crippen LogP contribution in [0.2, 0.25) is 0 Å². The first-order valence-corrected chi connectivity index (χ1v) is 8.13. The third kappa shape index (κ3) is 3.80. The lowest BCUT2D eigenvalue weighted by molar-refractivity contribution is -0.242. The zero-order valence-corrected chi connectivity index (χ0v) is 14.3. The first-order valence-electron chi connectivity index (χ1n) is 8.13. The van der Waals surface area contributed by atoms with Crippen molar-refractivity contribution in [3.63, 3.8) is 0 Å². The molecule has 0 radical (unpaired) electrons. The first kappa shape index (κ1) is 19.7. The van der Waals surface area contributed by atoms with E-state index in [2.05, 4.69) is 0 Å². The third-order valence-corrected chi connectivity index (χ3v) is 4.17. The van der Waals surface area contributed by atoms with Gasteiger partial charge in [-0.05, 0) is 12.1 Å². The molecule has 10 heteroatoms. The van der Waals surface area contributed by atoms with Crippen molar-refractivity contribution in [1.82, 2.24) is 0 Å². The molecule has 2 aromatic rings. The van der Waals surface area contributed by atoms with Crippen molar-refractivity contribution in [2.75, 3.05) is 6.61 Å². The van der Waals surface area contributed by atoms with Gasteiger partial charge in [0.15, 0.2) is 0 Å². The number of aromatic hydroxyl groups is 4. The van der Waals surface area contributed by atoms with E-state index in [1.807, 2.05) is 0 Å². The molecule has 10 nitrogen and oxygen atoms in total. The minimum absolute atomic E-state index is 0.181. The van der Waals surface area contributed by atoms with Crippen molar-refractivity contribution in [3.8, 4) is 28.7 Å². The zero-order valence-electron chi connectivity index (χ0n) is 14.3. The van der Waals surface area contributed by atoms with Gasteiger partial charge in [-0.2, -0.15) is 0 Å². The summed E-state index contributed by atoms with van der Waals surface area (Å²) >= 11 is 0. The number of phenolic OH excluding ortho intramolecular Hbond substituents is 4. The quantitative estimate of drug-likeness (QED) is 0.336. The minimum Gasteiger partial charge on any atom is -0.508 e.